The quantitative estimate of drug-likeness (QED) is 0.0535. The van der Waals surface area contributed by atoms with Gasteiger partial charge in [-0.25, -0.2) is 27.2 Å². The molecule has 1 saturated heterocycles. The summed E-state index contributed by atoms with van der Waals surface area (Å²) in [7, 11) is -3.94. The number of sulfonamides is 1. The maximum Gasteiger partial charge on any atom is 0.246 e. The van der Waals surface area contributed by atoms with E-state index in [0.717, 1.165) is 33.8 Å². The molecule has 19 heteroatoms. The lowest BCUT2D eigenvalue weighted by atomic mass is 9.85. The Kier molecular flexibility index (Phi) is 15.2. The summed E-state index contributed by atoms with van der Waals surface area (Å²) in [4.78, 5) is 81.6. The molecule has 362 valence electrons. The number of aromatic amines is 1. The van der Waals surface area contributed by atoms with E-state index in [1.165, 1.54) is 17.3 Å². The molecule has 15 nitrogen and oxygen atoms in total. The highest BCUT2D eigenvalue weighted by molar-refractivity contribution is 7.92. The first-order chi connectivity index (χ1) is 32.7. The van der Waals surface area contributed by atoms with E-state index in [9.17, 15) is 41.9 Å². The Balaban J connectivity index is 0.941. The highest BCUT2D eigenvalue weighted by Crippen LogP contribution is 2.32. The van der Waals surface area contributed by atoms with Crippen LogP contribution in [0.2, 0.25) is 0 Å². The molecule has 3 atom stereocenters. The summed E-state index contributed by atoms with van der Waals surface area (Å²) in [6, 6.07) is 15.7. The molecular weight excluding hydrogens is 929 g/mol. The van der Waals surface area contributed by atoms with Crippen molar-refractivity contribution in [3.63, 3.8) is 0 Å². The van der Waals surface area contributed by atoms with Gasteiger partial charge in [0.15, 0.2) is 11.6 Å². The molecule has 7 rings (SSSR count). The normalized spacial score (nSPS) is 15.5. The molecule has 3 aromatic carbocycles. The lowest BCUT2D eigenvalue weighted by Crippen LogP contribution is -2.57. The van der Waals surface area contributed by atoms with Gasteiger partial charge in [-0.2, -0.15) is 0 Å². The predicted octanol–water partition coefficient (Wildman–Crippen LogP) is 7.48. The zero-order valence-corrected chi connectivity index (χ0v) is 40.3. The fourth-order valence-electron chi connectivity index (χ4n) is 8.23. The van der Waals surface area contributed by atoms with Gasteiger partial charge >= 0.3 is 0 Å². The second-order valence-corrected chi connectivity index (χ2v) is 20.9. The molecule has 1 aliphatic heterocycles. The number of aryl methyl sites for hydroxylation is 1. The number of Topliss-reactive ketones (excluding diaryl/α,β-unsaturated/α-hetero) is 1. The maximum absolute atomic E-state index is 15.5. The number of aromatic nitrogens is 3. The van der Waals surface area contributed by atoms with Gasteiger partial charge < -0.3 is 25.6 Å². The molecule has 0 spiro atoms. The maximum atomic E-state index is 15.5. The Morgan fingerprint density at radius 2 is 1.67 bits per heavy atom. The second-order valence-electron chi connectivity index (χ2n) is 18.2. The SMILES string of the molecule is CCCS(=O)(=O)Nc1ccc(F)c(C(=O)c2c[nH]c3ncc(-c4ccc(C(=O)CCCC(=O)N[C@H](C(=O)N5C[C@H](O)C[C@H]5C(=O)NCc5ccc(-c6scnc6C)cc5)C(C)(C)C)cc4)cc23)c1F. The number of carbonyl (C=O) groups excluding carboxylic acids is 5. The number of hydrogen-bond acceptors (Lipinski definition) is 11. The number of H-pyrrole nitrogens is 1. The number of pyridine rings is 1. The Labute approximate surface area is 402 Å². The topological polar surface area (TPSA) is 221 Å². The number of benzene rings is 3. The number of likely N-dealkylation sites (tertiary alicyclic amines) is 1. The van der Waals surface area contributed by atoms with Crippen molar-refractivity contribution in [2.24, 2.45) is 5.41 Å². The Hall–Kier alpha value is -6.70. The van der Waals surface area contributed by atoms with Crippen LogP contribution in [0.15, 0.2) is 84.6 Å². The lowest BCUT2D eigenvalue weighted by molar-refractivity contribution is -0.144. The number of nitrogens with one attached hydrogen (secondary N) is 4. The summed E-state index contributed by atoms with van der Waals surface area (Å²) >= 11 is 1.55. The number of rotatable bonds is 18. The number of ketones is 2. The molecule has 3 amide bonds. The standard InChI is InChI=1S/C50H53F2N7O8S2/c1-6-20-69(66,67)58-38-19-18-37(51)42(43(38)52)44(63)36-25-54-47-35(36)21-33(24-53-47)30-14-16-31(17-15-30)40(61)8-7-9-41(62)57-46(50(3,4)5)49(65)59-26-34(60)22-39(59)48(64)55-23-29-10-12-32(13-11-29)45-28(2)56-27-68-45/h10-19,21,24-25,27,34,39,46,58,60H,6-9,20,22-23,26H2,1-5H3,(H,53,54)(H,55,64)(H,57,62)/t34-,39+,46-/m1/s1. The minimum absolute atomic E-state index is 0.0196. The van der Waals surface area contributed by atoms with E-state index in [2.05, 4.69) is 30.3 Å². The van der Waals surface area contributed by atoms with Crippen molar-refractivity contribution in [3.05, 3.63) is 124 Å². The number of halogens is 2. The van der Waals surface area contributed by atoms with E-state index in [0.29, 0.717) is 16.7 Å². The minimum atomic E-state index is -3.94. The van der Waals surface area contributed by atoms with E-state index in [-0.39, 0.29) is 73.3 Å². The fourth-order valence-corrected chi connectivity index (χ4v) is 10.2. The average Bonchev–Trinajstić information content (AvgIpc) is 4.05. The van der Waals surface area contributed by atoms with Gasteiger partial charge in [0, 0.05) is 66.8 Å². The zero-order chi connectivity index (χ0) is 49.8. The van der Waals surface area contributed by atoms with E-state index in [1.807, 2.05) is 31.2 Å². The Morgan fingerprint density at radius 1 is 0.957 bits per heavy atom. The largest absolute Gasteiger partial charge is 0.391 e. The van der Waals surface area contributed by atoms with Crippen molar-refractivity contribution in [2.75, 3.05) is 17.0 Å². The number of aliphatic hydroxyl groups is 1. The molecule has 0 radical (unpaired) electrons. The first-order valence-corrected chi connectivity index (χ1v) is 25.0. The van der Waals surface area contributed by atoms with Crippen molar-refractivity contribution in [3.8, 4) is 21.6 Å². The van der Waals surface area contributed by atoms with Crippen LogP contribution in [0.1, 0.15) is 97.3 Å². The van der Waals surface area contributed by atoms with Crippen molar-refractivity contribution >= 4 is 67.4 Å². The van der Waals surface area contributed by atoms with Gasteiger partial charge in [0.25, 0.3) is 0 Å². The summed E-state index contributed by atoms with van der Waals surface area (Å²) in [5.41, 5.74) is 4.01. The summed E-state index contributed by atoms with van der Waals surface area (Å²) in [5, 5.41) is 16.6. The van der Waals surface area contributed by atoms with Gasteiger partial charge in [0.1, 0.15) is 23.5 Å². The molecule has 1 fully saturated rings. The van der Waals surface area contributed by atoms with Crippen LogP contribution in [0.25, 0.3) is 32.6 Å². The van der Waals surface area contributed by atoms with E-state index in [4.69, 9.17) is 0 Å². The number of thiazole rings is 1. The van der Waals surface area contributed by atoms with Gasteiger partial charge in [0.05, 0.1) is 39.2 Å². The number of amides is 3. The number of fused-ring (bicyclic) bond motifs is 1. The van der Waals surface area contributed by atoms with E-state index in [1.54, 1.807) is 74.9 Å². The molecule has 0 bridgehead atoms. The fraction of sp³-hybridized carbons (Fsp3) is 0.340. The summed E-state index contributed by atoms with van der Waals surface area (Å²) < 4.78 is 57.2. The van der Waals surface area contributed by atoms with Crippen LogP contribution < -0.4 is 15.4 Å². The lowest BCUT2D eigenvalue weighted by Gasteiger charge is -2.35. The third-order valence-electron chi connectivity index (χ3n) is 11.9. The average molecular weight is 982 g/mol. The molecule has 0 unspecified atom stereocenters. The van der Waals surface area contributed by atoms with Crippen LogP contribution in [-0.4, -0.2) is 93.1 Å². The van der Waals surface area contributed by atoms with Crippen molar-refractivity contribution in [2.45, 2.75) is 91.5 Å². The van der Waals surface area contributed by atoms with Crippen LogP contribution in [0.5, 0.6) is 0 Å². The zero-order valence-electron chi connectivity index (χ0n) is 38.7. The van der Waals surface area contributed by atoms with E-state index < -0.39 is 80.0 Å². The number of β-amino-alcohol motifs (C(OH)–C–C–N with tert-alkyl or cyclic N) is 1. The number of nitrogens with zero attached hydrogens (tertiary/aromatic N) is 3. The van der Waals surface area contributed by atoms with Crippen LogP contribution in [0.4, 0.5) is 14.5 Å². The number of anilines is 1. The number of aliphatic hydroxyl groups excluding tert-OH is 1. The Morgan fingerprint density at radius 3 is 2.33 bits per heavy atom. The van der Waals surface area contributed by atoms with Crippen molar-refractivity contribution in [1.82, 2.24) is 30.5 Å². The van der Waals surface area contributed by atoms with Gasteiger partial charge in [-0.15, -0.1) is 11.3 Å². The molecule has 6 aromatic rings. The van der Waals surface area contributed by atoms with Gasteiger partial charge in [-0.1, -0.05) is 76.2 Å². The number of carbonyl (C=O) groups is 5. The van der Waals surface area contributed by atoms with Crippen LogP contribution in [-0.2, 0) is 31.0 Å². The first kappa shape index (κ1) is 50.2. The molecule has 5 N–H and O–H groups in total. The van der Waals surface area contributed by atoms with Gasteiger partial charge in [-0.3, -0.25) is 28.7 Å². The highest BCUT2D eigenvalue weighted by Gasteiger charge is 2.44. The highest BCUT2D eigenvalue weighted by atomic mass is 32.2. The molecule has 69 heavy (non-hydrogen) atoms. The van der Waals surface area contributed by atoms with Crippen LogP contribution in [0.3, 0.4) is 0 Å². The minimum Gasteiger partial charge on any atom is -0.391 e. The third-order valence-corrected chi connectivity index (χ3v) is 14.3. The second kappa shape index (κ2) is 20.9. The van der Waals surface area contributed by atoms with Gasteiger partial charge in [0.2, 0.25) is 33.5 Å². The van der Waals surface area contributed by atoms with E-state index >= 15 is 4.39 Å². The monoisotopic (exact) mass is 981 g/mol. The smallest absolute Gasteiger partial charge is 0.246 e. The van der Waals surface area contributed by atoms with Crippen molar-refractivity contribution in [1.29, 1.82) is 0 Å². The first-order valence-electron chi connectivity index (χ1n) is 22.4. The molecule has 0 saturated carbocycles. The van der Waals surface area contributed by atoms with Crippen molar-refractivity contribution < 1.29 is 46.3 Å². The molecule has 4 heterocycles. The number of hydrogen-bond donors (Lipinski definition) is 5. The molecule has 3 aromatic heterocycles. The molecule has 1 aliphatic rings. The summed E-state index contributed by atoms with van der Waals surface area (Å²) in [6.45, 7) is 9.09. The molecular formula is C50H53F2N7O8S2. The predicted molar refractivity (Wildman–Crippen MR) is 259 cm³/mol. The third kappa shape index (κ3) is 11.6. The summed E-state index contributed by atoms with van der Waals surface area (Å²) in [6.07, 6.45) is 2.30. The summed E-state index contributed by atoms with van der Waals surface area (Å²) in [5.74, 6) is -5.46. The van der Waals surface area contributed by atoms with Crippen LogP contribution in [0, 0.1) is 24.0 Å². The molecule has 0 aliphatic carbocycles. The Bertz CT molecular complexity index is 3020. The van der Waals surface area contributed by atoms with Crippen LogP contribution >= 0.6 is 11.3 Å². The van der Waals surface area contributed by atoms with Gasteiger partial charge in [-0.05, 0) is 60.1 Å².